The Hall–Kier alpha value is -2.04. The van der Waals surface area contributed by atoms with Gasteiger partial charge >= 0.3 is 11.9 Å². The molecule has 0 radical (unpaired) electrons. The van der Waals surface area contributed by atoms with E-state index in [2.05, 4.69) is 0 Å². The quantitative estimate of drug-likeness (QED) is 0.456. The lowest BCUT2D eigenvalue weighted by Gasteiger charge is -2.18. The summed E-state index contributed by atoms with van der Waals surface area (Å²) < 4.78 is 0. The third-order valence-electron chi connectivity index (χ3n) is 5.93. The second-order valence-electron chi connectivity index (χ2n) is 8.64. The number of aryl methyl sites for hydroxylation is 2. The van der Waals surface area contributed by atoms with E-state index in [1.54, 1.807) is 26.0 Å². The van der Waals surface area contributed by atoms with E-state index in [4.69, 9.17) is 0 Å². The summed E-state index contributed by atoms with van der Waals surface area (Å²) in [7, 11) is 0. The van der Waals surface area contributed by atoms with Crippen LogP contribution in [0.25, 0.3) is 0 Å². The van der Waals surface area contributed by atoms with Crippen LogP contribution in [-0.2, 0) is 22.4 Å². The SMILES string of the molecule is CC(C)(CCCCc1ccc(O)cc1CCCCC1(C(=O)O)CC1)C(=O)O. The molecule has 2 rings (SSSR count). The molecule has 1 fully saturated rings. The van der Waals surface area contributed by atoms with Gasteiger partial charge in [0.2, 0.25) is 0 Å². The van der Waals surface area contributed by atoms with Crippen molar-refractivity contribution in [2.75, 3.05) is 0 Å². The zero-order chi connectivity index (χ0) is 20.1. The number of rotatable bonds is 12. The Labute approximate surface area is 161 Å². The molecule has 0 heterocycles. The number of hydrogen-bond acceptors (Lipinski definition) is 3. The highest BCUT2D eigenvalue weighted by Gasteiger charge is 2.49. The molecule has 0 unspecified atom stereocenters. The number of carbonyl (C=O) groups is 2. The Kier molecular flexibility index (Phi) is 6.90. The molecule has 5 nitrogen and oxygen atoms in total. The molecule has 0 bridgehead atoms. The van der Waals surface area contributed by atoms with E-state index in [1.807, 2.05) is 6.07 Å². The normalized spacial score (nSPS) is 15.5. The van der Waals surface area contributed by atoms with Gasteiger partial charge in [0.1, 0.15) is 5.75 Å². The number of unbranched alkanes of at least 4 members (excludes halogenated alkanes) is 2. The van der Waals surface area contributed by atoms with Crippen LogP contribution in [0.4, 0.5) is 0 Å². The lowest BCUT2D eigenvalue weighted by Crippen LogP contribution is -2.23. The summed E-state index contributed by atoms with van der Waals surface area (Å²) in [6.45, 7) is 3.51. The summed E-state index contributed by atoms with van der Waals surface area (Å²) in [6.07, 6.45) is 8.24. The van der Waals surface area contributed by atoms with Crippen LogP contribution in [0.2, 0.25) is 0 Å². The van der Waals surface area contributed by atoms with Gasteiger partial charge in [-0.1, -0.05) is 18.9 Å². The molecular formula is C22H32O5. The molecule has 0 spiro atoms. The number of phenols is 1. The molecule has 1 aliphatic carbocycles. The molecule has 1 aromatic carbocycles. The number of benzene rings is 1. The van der Waals surface area contributed by atoms with E-state index < -0.39 is 22.8 Å². The van der Waals surface area contributed by atoms with Gasteiger partial charge in [0.25, 0.3) is 0 Å². The first-order valence-electron chi connectivity index (χ1n) is 9.94. The smallest absolute Gasteiger partial charge is 0.309 e. The van der Waals surface area contributed by atoms with Crippen molar-refractivity contribution in [3.05, 3.63) is 29.3 Å². The van der Waals surface area contributed by atoms with Crippen LogP contribution in [0.3, 0.4) is 0 Å². The molecule has 1 aromatic rings. The van der Waals surface area contributed by atoms with Crippen LogP contribution < -0.4 is 0 Å². The van der Waals surface area contributed by atoms with Crippen LogP contribution >= 0.6 is 0 Å². The van der Waals surface area contributed by atoms with Crippen molar-refractivity contribution in [2.24, 2.45) is 10.8 Å². The molecule has 0 aliphatic heterocycles. The number of aliphatic carboxylic acids is 2. The average molecular weight is 376 g/mol. The zero-order valence-corrected chi connectivity index (χ0v) is 16.5. The number of aromatic hydroxyl groups is 1. The van der Waals surface area contributed by atoms with Gasteiger partial charge in [-0.3, -0.25) is 9.59 Å². The maximum Gasteiger partial charge on any atom is 0.309 e. The molecule has 0 saturated heterocycles. The highest BCUT2D eigenvalue weighted by Crippen LogP contribution is 2.50. The Bertz CT molecular complexity index is 673. The first-order chi connectivity index (χ1) is 12.7. The highest BCUT2D eigenvalue weighted by atomic mass is 16.4. The fourth-order valence-electron chi connectivity index (χ4n) is 3.58. The van der Waals surface area contributed by atoms with E-state index in [0.717, 1.165) is 63.4 Å². The fraction of sp³-hybridized carbons (Fsp3) is 0.636. The molecule has 0 atom stereocenters. The van der Waals surface area contributed by atoms with Crippen LogP contribution in [0.5, 0.6) is 5.75 Å². The summed E-state index contributed by atoms with van der Waals surface area (Å²) in [6, 6.07) is 5.46. The van der Waals surface area contributed by atoms with Gasteiger partial charge in [-0.25, -0.2) is 0 Å². The van der Waals surface area contributed by atoms with Gasteiger partial charge in [-0.2, -0.15) is 0 Å². The van der Waals surface area contributed by atoms with Crippen molar-refractivity contribution in [3.8, 4) is 5.75 Å². The summed E-state index contributed by atoms with van der Waals surface area (Å²) in [4.78, 5) is 22.4. The lowest BCUT2D eigenvalue weighted by atomic mass is 9.86. The number of phenolic OH excluding ortho intramolecular Hbond substituents is 1. The maximum atomic E-state index is 11.2. The van der Waals surface area contributed by atoms with Gasteiger partial charge in [0.05, 0.1) is 10.8 Å². The summed E-state index contributed by atoms with van der Waals surface area (Å²) >= 11 is 0. The third kappa shape index (κ3) is 5.98. The van der Waals surface area contributed by atoms with Crippen molar-refractivity contribution in [2.45, 2.75) is 78.1 Å². The van der Waals surface area contributed by atoms with Crippen LogP contribution in [0.15, 0.2) is 18.2 Å². The molecule has 0 aromatic heterocycles. The highest BCUT2D eigenvalue weighted by molar-refractivity contribution is 5.77. The minimum Gasteiger partial charge on any atom is -0.508 e. The van der Waals surface area contributed by atoms with Crippen molar-refractivity contribution in [3.63, 3.8) is 0 Å². The van der Waals surface area contributed by atoms with Gasteiger partial charge in [0, 0.05) is 0 Å². The third-order valence-corrected chi connectivity index (χ3v) is 5.93. The molecule has 1 aliphatic rings. The van der Waals surface area contributed by atoms with E-state index in [0.29, 0.717) is 6.42 Å². The molecule has 150 valence electrons. The predicted octanol–water partition coefficient (Wildman–Crippen LogP) is 4.79. The maximum absolute atomic E-state index is 11.2. The molecule has 5 heteroatoms. The van der Waals surface area contributed by atoms with E-state index in [-0.39, 0.29) is 5.75 Å². The minimum absolute atomic E-state index is 0.255. The Morgan fingerprint density at radius 1 is 1.00 bits per heavy atom. The molecule has 0 amide bonds. The monoisotopic (exact) mass is 376 g/mol. The van der Waals surface area contributed by atoms with Gasteiger partial charge in [0.15, 0.2) is 0 Å². The molecule has 27 heavy (non-hydrogen) atoms. The van der Waals surface area contributed by atoms with Crippen LogP contribution in [0.1, 0.15) is 76.3 Å². The van der Waals surface area contributed by atoms with Crippen molar-refractivity contribution in [1.29, 1.82) is 0 Å². The zero-order valence-electron chi connectivity index (χ0n) is 16.5. The van der Waals surface area contributed by atoms with Gasteiger partial charge in [-0.05, 0) is 88.5 Å². The molecule has 3 N–H and O–H groups in total. The van der Waals surface area contributed by atoms with Crippen LogP contribution in [-0.4, -0.2) is 27.3 Å². The first kappa shape index (κ1) is 21.3. The summed E-state index contributed by atoms with van der Waals surface area (Å²) in [5.74, 6) is -1.17. The van der Waals surface area contributed by atoms with Crippen molar-refractivity contribution < 1.29 is 24.9 Å². The topological polar surface area (TPSA) is 94.8 Å². The molecule has 1 saturated carbocycles. The number of carboxylic acid groups (broad SMARTS) is 2. The minimum atomic E-state index is -0.761. The van der Waals surface area contributed by atoms with E-state index >= 15 is 0 Å². The second kappa shape index (κ2) is 8.77. The van der Waals surface area contributed by atoms with Gasteiger partial charge in [-0.15, -0.1) is 0 Å². The lowest BCUT2D eigenvalue weighted by molar-refractivity contribution is -0.147. The summed E-state index contributed by atoms with van der Waals surface area (Å²) in [5, 5.41) is 28.2. The largest absolute Gasteiger partial charge is 0.508 e. The van der Waals surface area contributed by atoms with Gasteiger partial charge < -0.3 is 15.3 Å². The fourth-order valence-corrected chi connectivity index (χ4v) is 3.58. The Balaban J connectivity index is 1.81. The number of carboxylic acids is 2. The van der Waals surface area contributed by atoms with Crippen LogP contribution in [0, 0.1) is 10.8 Å². The van der Waals surface area contributed by atoms with Crippen molar-refractivity contribution in [1.82, 2.24) is 0 Å². The summed E-state index contributed by atoms with van der Waals surface area (Å²) in [5.41, 5.74) is 1.16. The van der Waals surface area contributed by atoms with E-state index in [1.165, 1.54) is 5.56 Å². The second-order valence-corrected chi connectivity index (χ2v) is 8.64. The van der Waals surface area contributed by atoms with Crippen molar-refractivity contribution >= 4 is 11.9 Å². The van der Waals surface area contributed by atoms with E-state index in [9.17, 15) is 24.9 Å². The Morgan fingerprint density at radius 3 is 2.22 bits per heavy atom. The average Bonchev–Trinajstić information content (AvgIpc) is 3.38. The Morgan fingerprint density at radius 2 is 1.63 bits per heavy atom. The number of hydrogen-bond donors (Lipinski definition) is 3. The molecular weight excluding hydrogens is 344 g/mol. The first-order valence-corrected chi connectivity index (χ1v) is 9.94. The standard InChI is InChI=1S/C22H32O5/c1-21(2,19(24)25)11-5-3-7-16-9-10-18(23)15-17(16)8-4-6-12-22(13-14-22)20(26)27/h9-10,15,23H,3-8,11-14H2,1-2H3,(H,24,25)(H,26,27). The predicted molar refractivity (Wildman–Crippen MR) is 104 cm³/mol.